The van der Waals surface area contributed by atoms with Gasteiger partial charge >= 0.3 is 6.18 Å². The number of halogens is 4. The molecule has 142 valence electrons. The first-order chi connectivity index (χ1) is 11.3. The maximum absolute atomic E-state index is 12.6. The minimum absolute atomic E-state index is 0.00336. The predicted octanol–water partition coefficient (Wildman–Crippen LogP) is 1.52. The summed E-state index contributed by atoms with van der Waals surface area (Å²) < 4.78 is 68.7. The minimum Gasteiger partial charge on any atom is -0.383 e. The van der Waals surface area contributed by atoms with Gasteiger partial charge in [0.2, 0.25) is 15.6 Å². The molecule has 0 heterocycles. The SMILES string of the molecule is COCCNS(=O)(=O)c1ccc(NC(=O)C(C)(O)C(F)(F)F)c(Cl)c1. The first kappa shape index (κ1) is 21.6. The number of alkyl halides is 3. The number of nitrogens with one attached hydrogen (secondary N) is 2. The van der Waals surface area contributed by atoms with Crippen molar-refractivity contribution in [3.05, 3.63) is 23.2 Å². The summed E-state index contributed by atoms with van der Waals surface area (Å²) in [5.41, 5.74) is -3.92. The number of methoxy groups -OCH3 is 1. The fraction of sp³-hybridized carbons (Fsp3) is 0.462. The second-order valence-corrected chi connectivity index (χ2v) is 7.23. The lowest BCUT2D eigenvalue weighted by Gasteiger charge is -2.25. The molecule has 0 saturated heterocycles. The number of hydrogen-bond donors (Lipinski definition) is 3. The van der Waals surface area contributed by atoms with Crippen molar-refractivity contribution in [1.29, 1.82) is 0 Å². The van der Waals surface area contributed by atoms with Crippen LogP contribution in [0.3, 0.4) is 0 Å². The molecule has 1 rings (SSSR count). The summed E-state index contributed by atoms with van der Waals surface area (Å²) in [7, 11) is -2.52. The van der Waals surface area contributed by atoms with Crippen molar-refractivity contribution >= 4 is 33.2 Å². The van der Waals surface area contributed by atoms with Crippen molar-refractivity contribution in [2.45, 2.75) is 23.6 Å². The van der Waals surface area contributed by atoms with E-state index in [1.165, 1.54) is 7.11 Å². The van der Waals surface area contributed by atoms with E-state index in [1.54, 1.807) is 0 Å². The molecular weight excluding hydrogens is 389 g/mol. The smallest absolute Gasteiger partial charge is 0.383 e. The number of carbonyl (C=O) groups excluding carboxylic acids is 1. The zero-order chi connectivity index (χ0) is 19.5. The molecule has 0 radical (unpaired) electrons. The summed E-state index contributed by atoms with van der Waals surface area (Å²) >= 11 is 5.81. The van der Waals surface area contributed by atoms with Gasteiger partial charge in [-0.15, -0.1) is 0 Å². The number of sulfonamides is 1. The van der Waals surface area contributed by atoms with E-state index in [0.29, 0.717) is 0 Å². The van der Waals surface area contributed by atoms with Crippen molar-refractivity contribution in [1.82, 2.24) is 4.72 Å². The molecule has 1 atom stereocenters. The highest BCUT2D eigenvalue weighted by molar-refractivity contribution is 7.89. The molecule has 1 aromatic rings. The summed E-state index contributed by atoms with van der Waals surface area (Å²) in [6, 6.07) is 3.01. The first-order valence-corrected chi connectivity index (χ1v) is 8.57. The number of amides is 1. The topological polar surface area (TPSA) is 105 Å². The lowest BCUT2D eigenvalue weighted by Crippen LogP contribution is -2.52. The van der Waals surface area contributed by atoms with Gasteiger partial charge in [0.05, 0.1) is 22.2 Å². The first-order valence-electron chi connectivity index (χ1n) is 6.71. The van der Waals surface area contributed by atoms with Crippen LogP contribution in [-0.2, 0) is 19.6 Å². The molecule has 0 bridgehead atoms. The Morgan fingerprint density at radius 3 is 2.44 bits per heavy atom. The lowest BCUT2D eigenvalue weighted by atomic mass is 10.1. The molecule has 7 nitrogen and oxygen atoms in total. The van der Waals surface area contributed by atoms with Gasteiger partial charge < -0.3 is 15.2 Å². The summed E-state index contributed by atoms with van der Waals surface area (Å²) in [5.74, 6) is -1.75. The number of anilines is 1. The molecule has 0 fully saturated rings. The van der Waals surface area contributed by atoms with Crippen molar-refractivity contribution in [2.75, 3.05) is 25.6 Å². The molecule has 3 N–H and O–H groups in total. The standard InChI is InChI=1S/C13H16ClF3N2O5S/c1-12(21,13(15,16)17)11(20)19-10-4-3-8(7-9(10)14)25(22,23)18-5-6-24-2/h3-4,7,18,21H,5-6H2,1-2H3,(H,19,20). The van der Waals surface area contributed by atoms with Crippen molar-refractivity contribution in [3.63, 3.8) is 0 Å². The van der Waals surface area contributed by atoms with Crippen LogP contribution in [0.1, 0.15) is 6.92 Å². The fourth-order valence-corrected chi connectivity index (χ4v) is 2.83. The van der Waals surface area contributed by atoms with Gasteiger partial charge in [-0.2, -0.15) is 13.2 Å². The Labute approximate surface area is 147 Å². The third-order valence-corrected chi connectivity index (χ3v) is 4.86. The molecular formula is C13H16ClF3N2O5S. The number of benzene rings is 1. The van der Waals surface area contributed by atoms with Crippen LogP contribution in [0.4, 0.5) is 18.9 Å². The van der Waals surface area contributed by atoms with Gasteiger partial charge in [0.15, 0.2) is 0 Å². The zero-order valence-corrected chi connectivity index (χ0v) is 14.7. The van der Waals surface area contributed by atoms with E-state index in [4.69, 9.17) is 16.3 Å². The van der Waals surface area contributed by atoms with E-state index in [-0.39, 0.29) is 35.7 Å². The number of aliphatic hydroxyl groups is 1. The van der Waals surface area contributed by atoms with Crippen molar-refractivity contribution < 1.29 is 36.2 Å². The molecule has 0 aliphatic carbocycles. The average molecular weight is 405 g/mol. The number of rotatable bonds is 7. The molecule has 25 heavy (non-hydrogen) atoms. The van der Waals surface area contributed by atoms with E-state index >= 15 is 0 Å². The van der Waals surface area contributed by atoms with Gasteiger partial charge in [0.25, 0.3) is 5.91 Å². The quantitative estimate of drug-likeness (QED) is 0.598. The van der Waals surface area contributed by atoms with E-state index in [0.717, 1.165) is 18.2 Å². The predicted molar refractivity (Wildman–Crippen MR) is 83.8 cm³/mol. The van der Waals surface area contributed by atoms with E-state index < -0.39 is 27.7 Å². The lowest BCUT2D eigenvalue weighted by molar-refractivity contribution is -0.242. The van der Waals surface area contributed by atoms with Crippen LogP contribution in [0.5, 0.6) is 0 Å². The van der Waals surface area contributed by atoms with Gasteiger partial charge in [-0.3, -0.25) is 4.79 Å². The minimum atomic E-state index is -5.20. The largest absolute Gasteiger partial charge is 0.426 e. The summed E-state index contributed by atoms with van der Waals surface area (Å²) in [4.78, 5) is 11.3. The Bertz CT molecular complexity index is 738. The summed E-state index contributed by atoms with van der Waals surface area (Å²) in [6.07, 6.45) is -5.20. The van der Waals surface area contributed by atoms with Gasteiger partial charge in [-0.1, -0.05) is 11.6 Å². The van der Waals surface area contributed by atoms with Gasteiger partial charge in [-0.05, 0) is 25.1 Å². The summed E-state index contributed by atoms with van der Waals surface area (Å²) in [5, 5.41) is 10.8. The van der Waals surface area contributed by atoms with E-state index in [1.807, 2.05) is 5.32 Å². The molecule has 12 heteroatoms. The van der Waals surface area contributed by atoms with Gasteiger partial charge in [0, 0.05) is 13.7 Å². The van der Waals surface area contributed by atoms with Crippen LogP contribution in [0, 0.1) is 0 Å². The Hall–Kier alpha value is -1.40. The Balaban J connectivity index is 2.99. The van der Waals surface area contributed by atoms with Gasteiger partial charge in [0.1, 0.15) is 0 Å². The van der Waals surface area contributed by atoms with Crippen LogP contribution in [-0.4, -0.2) is 51.5 Å². The molecule has 0 aromatic heterocycles. The Morgan fingerprint density at radius 1 is 1.36 bits per heavy atom. The molecule has 0 spiro atoms. The van der Waals surface area contributed by atoms with Crippen molar-refractivity contribution in [2.24, 2.45) is 0 Å². The molecule has 1 aromatic carbocycles. The van der Waals surface area contributed by atoms with Crippen LogP contribution < -0.4 is 10.0 Å². The van der Waals surface area contributed by atoms with E-state index in [9.17, 15) is 31.5 Å². The maximum atomic E-state index is 12.6. The Kier molecular flexibility index (Phi) is 6.81. The Morgan fingerprint density at radius 2 is 1.96 bits per heavy atom. The molecule has 0 aliphatic heterocycles. The monoisotopic (exact) mass is 404 g/mol. The average Bonchev–Trinajstić information content (AvgIpc) is 2.48. The third-order valence-electron chi connectivity index (χ3n) is 3.09. The maximum Gasteiger partial charge on any atom is 0.426 e. The fourth-order valence-electron chi connectivity index (χ4n) is 1.50. The molecule has 1 amide bonds. The zero-order valence-electron chi connectivity index (χ0n) is 13.1. The highest BCUT2D eigenvalue weighted by atomic mass is 35.5. The number of hydrogen-bond acceptors (Lipinski definition) is 5. The third kappa shape index (κ3) is 5.28. The molecule has 0 saturated carbocycles. The highest BCUT2D eigenvalue weighted by Crippen LogP contribution is 2.32. The molecule has 1 unspecified atom stereocenters. The number of ether oxygens (including phenoxy) is 1. The normalized spacial score (nSPS) is 14.8. The van der Waals surface area contributed by atoms with Crippen LogP contribution in [0.25, 0.3) is 0 Å². The van der Waals surface area contributed by atoms with E-state index in [2.05, 4.69) is 4.72 Å². The second-order valence-electron chi connectivity index (χ2n) is 5.06. The number of carbonyl (C=O) groups is 1. The van der Waals surface area contributed by atoms with Crippen LogP contribution in [0.2, 0.25) is 5.02 Å². The van der Waals surface area contributed by atoms with Crippen molar-refractivity contribution in [3.8, 4) is 0 Å². The highest BCUT2D eigenvalue weighted by Gasteiger charge is 2.55. The van der Waals surface area contributed by atoms with Crippen LogP contribution in [0.15, 0.2) is 23.1 Å². The molecule has 0 aliphatic rings. The summed E-state index contributed by atoms with van der Waals surface area (Å²) in [6.45, 7) is 0.422. The van der Waals surface area contributed by atoms with Crippen LogP contribution >= 0.6 is 11.6 Å². The van der Waals surface area contributed by atoms with Gasteiger partial charge in [-0.25, -0.2) is 13.1 Å². The second kappa shape index (κ2) is 7.87.